The lowest BCUT2D eigenvalue weighted by Crippen LogP contribution is -2.36. The van der Waals surface area contributed by atoms with E-state index in [9.17, 15) is 9.59 Å². The first-order valence-corrected chi connectivity index (χ1v) is 22.0. The van der Waals surface area contributed by atoms with E-state index in [-0.39, 0.29) is 51.9 Å². The van der Waals surface area contributed by atoms with Crippen molar-refractivity contribution in [3.63, 3.8) is 0 Å². The standard InChI is InChI=1S/C26H25NO3.C23H21NO3.C3H5Br.2H2S/c28-25-27(23-16-17-23)18-24(30-25)19-29-26(20-10-4-1-5-11-20,21-12-6-2-7-13-21)22-14-8-3-9-15-22;25-22-24-16-21(27-22)17-26-23(18-10-4-1-5-11-18,19-12-6-2-7-13-19)20-14-8-3-9-15-20;4-3-1-2-3;;/h1-15,23-24H,16-19H2;1-15,21H,16-17H2,(H,24,25);3H,1-2H2;2*1H2/t24-;21-;;;/m00.../s1. The summed E-state index contributed by atoms with van der Waals surface area (Å²) in [4.78, 5) is 26.4. The van der Waals surface area contributed by atoms with Crippen LogP contribution in [0.15, 0.2) is 182 Å². The highest BCUT2D eigenvalue weighted by Gasteiger charge is 2.44. The van der Waals surface area contributed by atoms with Crippen molar-refractivity contribution in [1.82, 2.24) is 10.2 Å². The van der Waals surface area contributed by atoms with Crippen molar-refractivity contribution in [2.75, 3.05) is 26.3 Å². The molecule has 0 unspecified atom stereocenters. The maximum absolute atomic E-state index is 12.2. The Morgan fingerprint density at radius 1 is 0.508 bits per heavy atom. The largest absolute Gasteiger partial charge is 0.442 e. The molecule has 2 saturated carbocycles. The molecule has 0 aromatic heterocycles. The molecule has 11 heteroatoms. The number of nitrogens with zero attached hydrogens (tertiary/aromatic N) is 1. The zero-order valence-electron chi connectivity index (χ0n) is 35.1. The van der Waals surface area contributed by atoms with Crippen LogP contribution in [-0.2, 0) is 30.1 Å². The predicted octanol–water partition coefficient (Wildman–Crippen LogP) is 10.9. The lowest BCUT2D eigenvalue weighted by atomic mass is 9.80. The fourth-order valence-corrected chi connectivity index (χ4v) is 8.14. The summed E-state index contributed by atoms with van der Waals surface area (Å²) in [5.74, 6) is 0. The molecule has 4 aliphatic rings. The molecule has 0 spiro atoms. The van der Waals surface area contributed by atoms with Crippen LogP contribution in [0.1, 0.15) is 59.1 Å². The number of carbonyl (C=O) groups excluding carboxylic acids is 2. The highest BCUT2D eigenvalue weighted by molar-refractivity contribution is 9.09. The number of carbonyl (C=O) groups is 2. The molecular weight excluding hydrogens is 893 g/mol. The Labute approximate surface area is 393 Å². The first-order valence-electron chi connectivity index (χ1n) is 21.1. The van der Waals surface area contributed by atoms with Gasteiger partial charge in [0, 0.05) is 10.9 Å². The zero-order valence-corrected chi connectivity index (χ0v) is 38.6. The summed E-state index contributed by atoms with van der Waals surface area (Å²) in [6.07, 6.45) is 3.76. The summed E-state index contributed by atoms with van der Waals surface area (Å²) in [6, 6.07) is 61.6. The smallest absolute Gasteiger partial charge is 0.410 e. The molecule has 8 nitrogen and oxygen atoms in total. The fourth-order valence-electron chi connectivity index (χ4n) is 7.87. The molecule has 0 bridgehead atoms. The Morgan fingerprint density at radius 3 is 1.10 bits per heavy atom. The van der Waals surface area contributed by atoms with Crippen molar-refractivity contribution >= 4 is 55.1 Å². The molecule has 2 aliphatic heterocycles. The van der Waals surface area contributed by atoms with Crippen LogP contribution in [0.3, 0.4) is 0 Å². The molecular formula is C52H55BrN2O6S2. The van der Waals surface area contributed by atoms with Gasteiger partial charge in [0.25, 0.3) is 0 Å². The number of ether oxygens (including phenoxy) is 4. The van der Waals surface area contributed by atoms with Crippen LogP contribution in [0.5, 0.6) is 0 Å². The summed E-state index contributed by atoms with van der Waals surface area (Å²) in [7, 11) is 0. The molecule has 10 rings (SSSR count). The van der Waals surface area contributed by atoms with Crippen molar-refractivity contribution in [1.29, 1.82) is 0 Å². The van der Waals surface area contributed by atoms with Gasteiger partial charge in [-0.3, -0.25) is 0 Å². The summed E-state index contributed by atoms with van der Waals surface area (Å²) >= 11 is 3.38. The lowest BCUT2D eigenvalue weighted by Gasteiger charge is -2.36. The minimum atomic E-state index is -0.793. The average molecular weight is 948 g/mol. The van der Waals surface area contributed by atoms with Crippen LogP contribution in [0.2, 0.25) is 0 Å². The first-order chi connectivity index (χ1) is 30.0. The van der Waals surface area contributed by atoms with Gasteiger partial charge >= 0.3 is 12.2 Å². The van der Waals surface area contributed by atoms with Crippen LogP contribution >= 0.6 is 42.9 Å². The molecule has 6 aromatic carbocycles. The van der Waals surface area contributed by atoms with Gasteiger partial charge < -0.3 is 29.2 Å². The SMILES string of the molecule is BrC1CC1.O=C1NC[C@@H](COC(c2ccccc2)(c2ccccc2)c2ccccc2)O1.O=C1O[C@H](COC(c2ccccc2)(c2ccccc2)c2ccccc2)CN1C1CC1.S.S. The van der Waals surface area contributed by atoms with Gasteiger partial charge in [0.15, 0.2) is 0 Å². The Morgan fingerprint density at radius 2 is 0.825 bits per heavy atom. The van der Waals surface area contributed by atoms with E-state index >= 15 is 0 Å². The van der Waals surface area contributed by atoms with Crippen LogP contribution in [0, 0.1) is 0 Å². The summed E-state index contributed by atoms with van der Waals surface area (Å²) in [5.41, 5.74) is 4.64. The molecule has 328 valence electrons. The molecule has 6 aromatic rings. The van der Waals surface area contributed by atoms with Crippen molar-refractivity contribution in [3.05, 3.63) is 215 Å². The molecule has 2 amide bonds. The van der Waals surface area contributed by atoms with Gasteiger partial charge in [0.2, 0.25) is 0 Å². The van der Waals surface area contributed by atoms with Crippen molar-refractivity contribution in [2.45, 2.75) is 60.0 Å². The Kier molecular flexibility index (Phi) is 17.0. The van der Waals surface area contributed by atoms with Crippen molar-refractivity contribution in [3.8, 4) is 0 Å². The monoisotopic (exact) mass is 946 g/mol. The van der Waals surface area contributed by atoms with Gasteiger partial charge in [0.05, 0.1) is 26.3 Å². The molecule has 63 heavy (non-hydrogen) atoms. The molecule has 2 heterocycles. The maximum Gasteiger partial charge on any atom is 0.410 e. The number of alkyl carbamates (subject to hydrolysis) is 1. The Hall–Kier alpha value is -5.04. The number of alkyl halides is 1. The number of rotatable bonds is 13. The topological polar surface area (TPSA) is 86.3 Å². The first kappa shape index (κ1) is 47.4. The minimum absolute atomic E-state index is 0. The number of hydrogen-bond acceptors (Lipinski definition) is 6. The molecule has 0 radical (unpaired) electrons. The molecule has 2 saturated heterocycles. The van der Waals surface area contributed by atoms with Crippen LogP contribution in [0.25, 0.3) is 0 Å². The molecule has 4 fully saturated rings. The highest BCUT2D eigenvalue weighted by Crippen LogP contribution is 2.42. The van der Waals surface area contributed by atoms with Crippen LogP contribution in [-0.4, -0.2) is 66.5 Å². The van der Waals surface area contributed by atoms with E-state index in [0.29, 0.717) is 25.7 Å². The van der Waals surface area contributed by atoms with E-state index in [1.54, 1.807) is 0 Å². The second kappa shape index (κ2) is 22.5. The molecule has 2 aliphatic carbocycles. The third-order valence-electron chi connectivity index (χ3n) is 11.2. The van der Waals surface area contributed by atoms with Crippen molar-refractivity contribution < 1.29 is 28.5 Å². The van der Waals surface area contributed by atoms with Gasteiger partial charge in [-0.2, -0.15) is 27.0 Å². The van der Waals surface area contributed by atoms with Gasteiger partial charge in [-0.1, -0.05) is 198 Å². The van der Waals surface area contributed by atoms with E-state index in [4.69, 9.17) is 18.9 Å². The van der Waals surface area contributed by atoms with Gasteiger partial charge in [-0.15, -0.1) is 0 Å². The number of hydrogen-bond donors (Lipinski definition) is 1. The lowest BCUT2D eigenvalue weighted by molar-refractivity contribution is -0.0298. The number of cyclic esters (lactones) is 2. The highest BCUT2D eigenvalue weighted by atomic mass is 79.9. The van der Waals surface area contributed by atoms with Gasteiger partial charge in [-0.05, 0) is 59.1 Å². The second-order valence-corrected chi connectivity index (χ2v) is 16.9. The molecule has 1 N–H and O–H groups in total. The van der Waals surface area contributed by atoms with E-state index in [1.165, 1.54) is 12.8 Å². The quantitative estimate of drug-likeness (QED) is 0.0917. The Balaban J connectivity index is 0.000000188. The van der Waals surface area contributed by atoms with E-state index in [1.807, 2.05) is 114 Å². The van der Waals surface area contributed by atoms with Crippen molar-refractivity contribution in [2.24, 2.45) is 0 Å². The van der Waals surface area contributed by atoms with E-state index < -0.39 is 17.3 Å². The van der Waals surface area contributed by atoms with E-state index in [2.05, 4.69) is 94.0 Å². The number of amides is 2. The normalized spacial score (nSPS) is 17.8. The Bertz CT molecular complexity index is 2100. The van der Waals surface area contributed by atoms with Crippen LogP contribution in [0.4, 0.5) is 9.59 Å². The average Bonchev–Trinajstić information content (AvgIpc) is 4.26. The number of benzene rings is 6. The summed E-state index contributed by atoms with van der Waals surface area (Å²) < 4.78 is 24.3. The summed E-state index contributed by atoms with van der Waals surface area (Å²) in [6.45, 7) is 1.66. The third-order valence-corrected chi connectivity index (χ3v) is 12.1. The number of halogens is 1. The van der Waals surface area contributed by atoms with Gasteiger partial charge in [-0.25, -0.2) is 9.59 Å². The van der Waals surface area contributed by atoms with Gasteiger partial charge in [0.1, 0.15) is 23.4 Å². The zero-order chi connectivity index (χ0) is 41.9. The molecule has 2 atom stereocenters. The predicted molar refractivity (Wildman–Crippen MR) is 261 cm³/mol. The van der Waals surface area contributed by atoms with E-state index in [0.717, 1.165) is 51.0 Å². The number of nitrogens with one attached hydrogen (secondary N) is 1. The second-order valence-electron chi connectivity index (χ2n) is 15.7. The van der Waals surface area contributed by atoms with Crippen LogP contribution < -0.4 is 5.32 Å². The summed E-state index contributed by atoms with van der Waals surface area (Å²) in [5, 5.41) is 2.68. The minimum Gasteiger partial charge on any atom is -0.442 e. The maximum atomic E-state index is 12.2. The fraction of sp³-hybridized carbons (Fsp3) is 0.269. The third kappa shape index (κ3) is 11.6.